The van der Waals surface area contributed by atoms with Gasteiger partial charge in [0.1, 0.15) is 0 Å². The molecule has 0 unspecified atom stereocenters. The first-order valence-corrected chi connectivity index (χ1v) is 4.72. The molecule has 0 saturated heterocycles. The molecule has 0 amide bonds. The number of halogens is 1. The first-order chi connectivity index (χ1) is 7.24. The van der Waals surface area contributed by atoms with E-state index in [0.29, 0.717) is 10.6 Å². The zero-order valence-electron chi connectivity index (χ0n) is 8.03. The number of benzene rings is 1. The van der Waals surface area contributed by atoms with Crippen LogP contribution in [0.4, 0.5) is 0 Å². The minimum Gasteiger partial charge on any atom is -0.465 e. The molecule has 15 heavy (non-hydrogen) atoms. The van der Waals surface area contributed by atoms with E-state index in [9.17, 15) is 4.79 Å². The van der Waals surface area contributed by atoms with Crippen LogP contribution in [0.5, 0.6) is 0 Å². The molecule has 1 heterocycles. The largest absolute Gasteiger partial charge is 0.465 e. The van der Waals surface area contributed by atoms with Gasteiger partial charge in [-0.1, -0.05) is 11.6 Å². The minimum absolute atomic E-state index is 0.372. The van der Waals surface area contributed by atoms with Crippen molar-refractivity contribution >= 4 is 28.3 Å². The van der Waals surface area contributed by atoms with Crippen LogP contribution in [0, 0.1) is 0 Å². The van der Waals surface area contributed by atoms with Crippen molar-refractivity contribution in [1.82, 2.24) is 4.98 Å². The van der Waals surface area contributed by atoms with Gasteiger partial charge in [0.25, 0.3) is 0 Å². The number of pyridine rings is 1. The molecule has 0 aliphatic rings. The third-order valence-corrected chi connectivity index (χ3v) is 2.50. The molecule has 1 aromatic heterocycles. The number of hydrogen-bond acceptors (Lipinski definition) is 3. The van der Waals surface area contributed by atoms with Crippen molar-refractivity contribution in [3.8, 4) is 0 Å². The zero-order chi connectivity index (χ0) is 10.8. The lowest BCUT2D eigenvalue weighted by molar-refractivity contribution is 0.0603. The van der Waals surface area contributed by atoms with Gasteiger partial charge in [0, 0.05) is 28.2 Å². The molecule has 4 heteroatoms. The number of nitrogens with zero attached hydrogens (tertiary/aromatic N) is 1. The Morgan fingerprint density at radius 2 is 2.13 bits per heavy atom. The topological polar surface area (TPSA) is 39.2 Å². The molecule has 0 saturated carbocycles. The molecule has 3 nitrogen and oxygen atoms in total. The zero-order valence-corrected chi connectivity index (χ0v) is 8.78. The van der Waals surface area contributed by atoms with E-state index in [0.717, 1.165) is 10.8 Å². The number of hydrogen-bond donors (Lipinski definition) is 0. The molecular weight excluding hydrogens is 214 g/mol. The fourth-order valence-corrected chi connectivity index (χ4v) is 1.66. The van der Waals surface area contributed by atoms with Crippen molar-refractivity contribution in [2.75, 3.05) is 7.11 Å². The maximum Gasteiger partial charge on any atom is 0.338 e. The van der Waals surface area contributed by atoms with Crippen LogP contribution in [0.2, 0.25) is 5.02 Å². The van der Waals surface area contributed by atoms with E-state index in [4.69, 9.17) is 11.6 Å². The van der Waals surface area contributed by atoms with Gasteiger partial charge in [-0.2, -0.15) is 0 Å². The lowest BCUT2D eigenvalue weighted by Gasteiger charge is -2.05. The van der Waals surface area contributed by atoms with Crippen LogP contribution in [0.15, 0.2) is 30.6 Å². The van der Waals surface area contributed by atoms with Crippen molar-refractivity contribution < 1.29 is 9.53 Å². The van der Waals surface area contributed by atoms with Gasteiger partial charge in [0.15, 0.2) is 0 Å². The van der Waals surface area contributed by atoms with Crippen LogP contribution >= 0.6 is 11.6 Å². The number of ether oxygens (including phenoxy) is 1. The quantitative estimate of drug-likeness (QED) is 0.695. The first kappa shape index (κ1) is 9.93. The summed E-state index contributed by atoms with van der Waals surface area (Å²) in [6.07, 6.45) is 3.25. The van der Waals surface area contributed by atoms with E-state index >= 15 is 0 Å². The highest BCUT2D eigenvalue weighted by molar-refractivity contribution is 6.36. The fraction of sp³-hybridized carbons (Fsp3) is 0.0909. The van der Waals surface area contributed by atoms with E-state index < -0.39 is 0 Å². The molecule has 0 bridgehead atoms. The molecule has 0 aliphatic heterocycles. The molecule has 2 rings (SSSR count). The third-order valence-electron chi connectivity index (χ3n) is 2.17. The van der Waals surface area contributed by atoms with Crippen LogP contribution in [-0.4, -0.2) is 18.1 Å². The molecule has 0 aliphatic carbocycles. The maximum atomic E-state index is 11.5. The van der Waals surface area contributed by atoms with Crippen LogP contribution < -0.4 is 0 Å². The summed E-state index contributed by atoms with van der Waals surface area (Å²) < 4.78 is 4.68. The summed E-state index contributed by atoms with van der Waals surface area (Å²) in [5.41, 5.74) is 0.499. The average molecular weight is 222 g/mol. The second-order valence-electron chi connectivity index (χ2n) is 3.01. The van der Waals surface area contributed by atoms with Crippen molar-refractivity contribution in [3.63, 3.8) is 0 Å². The summed E-state index contributed by atoms with van der Waals surface area (Å²) in [5, 5.41) is 2.08. The Balaban J connectivity index is 2.77. The Morgan fingerprint density at radius 3 is 2.87 bits per heavy atom. The first-order valence-electron chi connectivity index (χ1n) is 4.34. The normalized spacial score (nSPS) is 10.3. The molecule has 76 valence electrons. The molecule has 0 spiro atoms. The van der Waals surface area contributed by atoms with Crippen LogP contribution in [-0.2, 0) is 4.74 Å². The smallest absolute Gasteiger partial charge is 0.338 e. The van der Waals surface area contributed by atoms with Gasteiger partial charge >= 0.3 is 5.97 Å². The van der Waals surface area contributed by atoms with Crippen molar-refractivity contribution in [1.29, 1.82) is 0 Å². The Morgan fingerprint density at radius 1 is 1.33 bits per heavy atom. The summed E-state index contributed by atoms with van der Waals surface area (Å²) in [5.74, 6) is -0.372. The molecule has 2 aromatic rings. The van der Waals surface area contributed by atoms with Crippen LogP contribution in [0.1, 0.15) is 10.4 Å². The monoisotopic (exact) mass is 221 g/mol. The number of fused-ring (bicyclic) bond motifs is 1. The third kappa shape index (κ3) is 1.66. The number of carbonyl (C=O) groups excluding carboxylic acids is 1. The van der Waals surface area contributed by atoms with Crippen molar-refractivity contribution in [3.05, 3.63) is 41.2 Å². The van der Waals surface area contributed by atoms with Gasteiger partial charge in [-0.3, -0.25) is 4.98 Å². The van der Waals surface area contributed by atoms with Crippen molar-refractivity contribution in [2.24, 2.45) is 0 Å². The highest BCUT2D eigenvalue weighted by Crippen LogP contribution is 2.25. The predicted molar refractivity (Wildman–Crippen MR) is 58.1 cm³/mol. The predicted octanol–water partition coefficient (Wildman–Crippen LogP) is 2.67. The molecule has 0 radical (unpaired) electrons. The number of methoxy groups -OCH3 is 1. The van der Waals surface area contributed by atoms with Gasteiger partial charge in [-0.25, -0.2) is 4.79 Å². The van der Waals surface area contributed by atoms with Gasteiger partial charge in [-0.15, -0.1) is 0 Å². The van der Waals surface area contributed by atoms with Gasteiger partial charge < -0.3 is 4.74 Å². The number of rotatable bonds is 1. The highest BCUT2D eigenvalue weighted by Gasteiger charge is 2.11. The second-order valence-corrected chi connectivity index (χ2v) is 3.41. The maximum absolute atomic E-state index is 11.5. The molecule has 0 N–H and O–H groups in total. The SMILES string of the molecule is COC(=O)c1ccc(Cl)c2cnccc12. The highest BCUT2D eigenvalue weighted by atomic mass is 35.5. The number of esters is 1. The van der Waals surface area contributed by atoms with Gasteiger partial charge in [0.2, 0.25) is 0 Å². The van der Waals surface area contributed by atoms with Gasteiger partial charge in [-0.05, 0) is 18.2 Å². The van der Waals surface area contributed by atoms with E-state index in [1.165, 1.54) is 7.11 Å². The van der Waals surface area contributed by atoms with E-state index in [-0.39, 0.29) is 5.97 Å². The van der Waals surface area contributed by atoms with E-state index in [1.807, 2.05) is 0 Å². The number of aromatic nitrogens is 1. The average Bonchev–Trinajstić information content (AvgIpc) is 2.29. The van der Waals surface area contributed by atoms with Crippen LogP contribution in [0.3, 0.4) is 0 Å². The number of carbonyl (C=O) groups is 1. The van der Waals surface area contributed by atoms with E-state index in [2.05, 4.69) is 9.72 Å². The van der Waals surface area contributed by atoms with E-state index in [1.54, 1.807) is 30.6 Å². The minimum atomic E-state index is -0.372. The Kier molecular flexibility index (Phi) is 2.56. The van der Waals surface area contributed by atoms with Gasteiger partial charge in [0.05, 0.1) is 12.7 Å². The Bertz CT molecular complexity index is 525. The lowest BCUT2D eigenvalue weighted by Crippen LogP contribution is -2.02. The summed E-state index contributed by atoms with van der Waals surface area (Å²) in [6, 6.07) is 5.06. The summed E-state index contributed by atoms with van der Waals surface area (Å²) in [7, 11) is 1.35. The summed E-state index contributed by atoms with van der Waals surface area (Å²) in [4.78, 5) is 15.4. The van der Waals surface area contributed by atoms with Crippen molar-refractivity contribution in [2.45, 2.75) is 0 Å². The van der Waals surface area contributed by atoms with Crippen LogP contribution in [0.25, 0.3) is 10.8 Å². The lowest BCUT2D eigenvalue weighted by atomic mass is 10.1. The molecule has 1 aromatic carbocycles. The summed E-state index contributed by atoms with van der Waals surface area (Å²) >= 11 is 5.98. The Hall–Kier alpha value is -1.61. The Labute approximate surface area is 91.6 Å². The summed E-state index contributed by atoms with van der Waals surface area (Å²) in [6.45, 7) is 0. The molecule has 0 fully saturated rings. The standard InChI is InChI=1S/C11H8ClNO2/c1-15-11(14)8-2-3-10(12)9-6-13-5-4-7(8)9/h2-6H,1H3. The molecular formula is C11H8ClNO2. The second kappa shape index (κ2) is 3.87. The fourth-order valence-electron chi connectivity index (χ4n) is 1.44. The molecule has 0 atom stereocenters.